The van der Waals surface area contributed by atoms with E-state index in [0.29, 0.717) is 0 Å². The molecule has 0 bridgehead atoms. The number of carbonyl (C=O) groups is 1. The number of hydrogen-bond donors (Lipinski definition) is 0. The highest BCUT2D eigenvalue weighted by molar-refractivity contribution is 5.98. The van der Waals surface area contributed by atoms with Crippen LogP contribution in [-0.4, -0.2) is 21.9 Å². The number of para-hydroxylation sites is 1. The van der Waals surface area contributed by atoms with Gasteiger partial charge in [-0.2, -0.15) is 0 Å². The van der Waals surface area contributed by atoms with Gasteiger partial charge in [-0.25, -0.2) is 0 Å². The van der Waals surface area contributed by atoms with E-state index in [-0.39, 0.29) is 29.2 Å². The molecule has 0 amide bonds. The standard InChI is InChI=1S/C16H18N2O3/c1-2-3-7-12-13(10-17(20)21)15-9-11-6-4-5-8-14(11)18(15)16(12)19/h4-6,8-9,12-13H,2-3,7,10H2,1H3/t12-,13+/m0/s1. The number of benzene rings is 1. The number of carbonyl (C=O) groups excluding carboxylic acids is 1. The van der Waals surface area contributed by atoms with Crippen molar-refractivity contribution in [2.45, 2.75) is 32.1 Å². The normalized spacial score (nSPS) is 20.9. The summed E-state index contributed by atoms with van der Waals surface area (Å²) in [6.07, 6.45) is 2.64. The number of nitrogens with zero attached hydrogens (tertiary/aromatic N) is 2. The summed E-state index contributed by atoms with van der Waals surface area (Å²) in [5, 5.41) is 12.0. The molecule has 2 heterocycles. The molecule has 0 saturated heterocycles. The van der Waals surface area contributed by atoms with Crippen molar-refractivity contribution in [2.24, 2.45) is 5.92 Å². The van der Waals surface area contributed by atoms with Crippen molar-refractivity contribution in [3.63, 3.8) is 0 Å². The molecule has 5 heteroatoms. The quantitative estimate of drug-likeness (QED) is 0.624. The second-order valence-corrected chi connectivity index (χ2v) is 5.67. The number of aromatic nitrogens is 1. The molecule has 2 aromatic rings. The van der Waals surface area contributed by atoms with Crippen LogP contribution in [0.3, 0.4) is 0 Å². The van der Waals surface area contributed by atoms with E-state index in [1.807, 2.05) is 30.3 Å². The lowest BCUT2D eigenvalue weighted by Crippen LogP contribution is -2.21. The number of fused-ring (bicyclic) bond motifs is 3. The number of unbranched alkanes of at least 4 members (excludes halogenated alkanes) is 1. The lowest BCUT2D eigenvalue weighted by molar-refractivity contribution is -0.484. The van der Waals surface area contributed by atoms with E-state index in [2.05, 4.69) is 6.92 Å². The Bertz CT molecular complexity index is 705. The van der Waals surface area contributed by atoms with Gasteiger partial charge in [0.15, 0.2) is 0 Å². The maximum absolute atomic E-state index is 12.7. The van der Waals surface area contributed by atoms with Gasteiger partial charge in [-0.1, -0.05) is 38.0 Å². The van der Waals surface area contributed by atoms with Gasteiger partial charge in [-0.05, 0) is 18.6 Å². The first-order valence-corrected chi connectivity index (χ1v) is 7.40. The van der Waals surface area contributed by atoms with Crippen molar-refractivity contribution >= 4 is 16.8 Å². The van der Waals surface area contributed by atoms with E-state index in [9.17, 15) is 14.9 Å². The Kier molecular flexibility index (Phi) is 3.49. The molecule has 1 aliphatic heterocycles. The van der Waals surface area contributed by atoms with Crippen molar-refractivity contribution in [3.8, 4) is 0 Å². The smallest absolute Gasteiger partial charge is 0.235 e. The molecule has 2 atom stereocenters. The zero-order valence-corrected chi connectivity index (χ0v) is 12.0. The molecular formula is C16H18N2O3. The van der Waals surface area contributed by atoms with Gasteiger partial charge >= 0.3 is 0 Å². The summed E-state index contributed by atoms with van der Waals surface area (Å²) in [4.78, 5) is 23.4. The van der Waals surface area contributed by atoms with E-state index in [1.165, 1.54) is 0 Å². The summed E-state index contributed by atoms with van der Waals surface area (Å²) in [6, 6.07) is 9.60. The molecule has 0 saturated carbocycles. The Labute approximate surface area is 122 Å². The Balaban J connectivity index is 2.07. The highest BCUT2D eigenvalue weighted by Gasteiger charge is 2.43. The van der Waals surface area contributed by atoms with Crippen molar-refractivity contribution < 1.29 is 9.72 Å². The fraction of sp³-hybridized carbons (Fsp3) is 0.438. The third-order valence-electron chi connectivity index (χ3n) is 4.36. The molecule has 0 fully saturated rings. The Morgan fingerprint density at radius 1 is 1.29 bits per heavy atom. The van der Waals surface area contributed by atoms with Gasteiger partial charge in [-0.15, -0.1) is 0 Å². The number of hydrogen-bond acceptors (Lipinski definition) is 3. The molecule has 0 aliphatic carbocycles. The fourth-order valence-corrected chi connectivity index (χ4v) is 3.37. The van der Waals surface area contributed by atoms with Gasteiger partial charge in [-0.3, -0.25) is 19.5 Å². The van der Waals surface area contributed by atoms with Crippen molar-refractivity contribution in [3.05, 3.63) is 46.1 Å². The molecule has 1 aromatic carbocycles. The molecule has 21 heavy (non-hydrogen) atoms. The van der Waals surface area contributed by atoms with Crippen molar-refractivity contribution in [1.29, 1.82) is 0 Å². The second kappa shape index (κ2) is 5.31. The summed E-state index contributed by atoms with van der Waals surface area (Å²) in [5.74, 6) is -0.534. The maximum atomic E-state index is 12.7. The first kappa shape index (κ1) is 13.8. The minimum absolute atomic E-state index is 0.0199. The minimum Gasteiger partial charge on any atom is -0.283 e. The van der Waals surface area contributed by atoms with E-state index in [4.69, 9.17) is 0 Å². The van der Waals surface area contributed by atoms with Crippen LogP contribution in [0.5, 0.6) is 0 Å². The lowest BCUT2D eigenvalue weighted by atomic mass is 9.88. The maximum Gasteiger partial charge on any atom is 0.235 e. The van der Waals surface area contributed by atoms with Crippen LogP contribution in [0.25, 0.3) is 10.9 Å². The predicted octanol–water partition coefficient (Wildman–Crippen LogP) is 3.46. The zero-order valence-electron chi connectivity index (χ0n) is 12.0. The first-order chi connectivity index (χ1) is 10.1. The number of rotatable bonds is 5. The first-order valence-electron chi connectivity index (χ1n) is 7.40. The average Bonchev–Trinajstić information content (AvgIpc) is 2.94. The third-order valence-corrected chi connectivity index (χ3v) is 4.36. The average molecular weight is 286 g/mol. The molecule has 0 unspecified atom stereocenters. The molecule has 1 aliphatic rings. The molecule has 0 N–H and O–H groups in total. The fourth-order valence-electron chi connectivity index (χ4n) is 3.37. The zero-order chi connectivity index (χ0) is 15.0. The summed E-state index contributed by atoms with van der Waals surface area (Å²) >= 11 is 0. The van der Waals surface area contributed by atoms with E-state index in [0.717, 1.165) is 35.9 Å². The third kappa shape index (κ3) is 2.22. The van der Waals surface area contributed by atoms with Crippen molar-refractivity contribution in [1.82, 2.24) is 4.57 Å². The summed E-state index contributed by atoms with van der Waals surface area (Å²) in [6.45, 7) is 1.90. The highest BCUT2D eigenvalue weighted by atomic mass is 16.6. The molecule has 1 aromatic heterocycles. The van der Waals surface area contributed by atoms with Gasteiger partial charge in [0.25, 0.3) is 0 Å². The second-order valence-electron chi connectivity index (χ2n) is 5.67. The van der Waals surface area contributed by atoms with Crippen LogP contribution in [0, 0.1) is 16.0 Å². The Morgan fingerprint density at radius 3 is 2.76 bits per heavy atom. The summed E-state index contributed by atoms with van der Waals surface area (Å²) in [7, 11) is 0. The van der Waals surface area contributed by atoms with Crippen LogP contribution >= 0.6 is 0 Å². The van der Waals surface area contributed by atoms with Crippen LogP contribution < -0.4 is 0 Å². The Hall–Kier alpha value is -2.17. The Morgan fingerprint density at radius 2 is 2.05 bits per heavy atom. The summed E-state index contributed by atoms with van der Waals surface area (Å²) in [5.41, 5.74) is 1.67. The molecule has 0 radical (unpaired) electrons. The molecule has 5 nitrogen and oxygen atoms in total. The van der Waals surface area contributed by atoms with Crippen LogP contribution in [0.4, 0.5) is 0 Å². The topological polar surface area (TPSA) is 65.1 Å². The molecule has 110 valence electrons. The van der Waals surface area contributed by atoms with E-state index in [1.54, 1.807) is 4.57 Å². The number of nitro groups is 1. The largest absolute Gasteiger partial charge is 0.283 e. The lowest BCUT2D eigenvalue weighted by Gasteiger charge is -2.13. The molecular weight excluding hydrogens is 268 g/mol. The minimum atomic E-state index is -0.301. The van der Waals surface area contributed by atoms with Gasteiger partial charge in [0.05, 0.1) is 17.4 Å². The molecule has 0 spiro atoms. The van der Waals surface area contributed by atoms with Gasteiger partial charge < -0.3 is 0 Å². The van der Waals surface area contributed by atoms with Gasteiger partial charge in [0, 0.05) is 16.0 Å². The van der Waals surface area contributed by atoms with Crippen LogP contribution in [0.2, 0.25) is 0 Å². The monoisotopic (exact) mass is 286 g/mol. The highest BCUT2D eigenvalue weighted by Crippen LogP contribution is 2.40. The SMILES string of the molecule is CCCC[C@@H]1C(=O)n2c(cc3ccccc32)[C@@H]1C[N+](=O)[O-]. The van der Waals surface area contributed by atoms with Gasteiger partial charge in [0.1, 0.15) is 0 Å². The van der Waals surface area contributed by atoms with Gasteiger partial charge in [0.2, 0.25) is 12.5 Å². The summed E-state index contributed by atoms with van der Waals surface area (Å²) < 4.78 is 1.70. The van der Waals surface area contributed by atoms with Crippen LogP contribution in [0.15, 0.2) is 30.3 Å². The van der Waals surface area contributed by atoms with E-state index < -0.39 is 0 Å². The van der Waals surface area contributed by atoms with Crippen molar-refractivity contribution in [2.75, 3.05) is 6.54 Å². The predicted molar refractivity (Wildman–Crippen MR) is 80.2 cm³/mol. The van der Waals surface area contributed by atoms with Crippen LogP contribution in [0.1, 0.15) is 42.6 Å². The van der Waals surface area contributed by atoms with E-state index >= 15 is 0 Å². The van der Waals surface area contributed by atoms with Crippen LogP contribution in [-0.2, 0) is 0 Å². The molecule has 3 rings (SSSR count).